The minimum absolute atomic E-state index is 0.404. The first-order valence-electron chi connectivity index (χ1n) is 5.84. The van der Waals surface area contributed by atoms with Gasteiger partial charge in [-0.3, -0.25) is 14.5 Å². The number of ether oxygens (including phenoxy) is 2. The van der Waals surface area contributed by atoms with Gasteiger partial charge in [0.25, 0.3) is 0 Å². The Morgan fingerprint density at radius 1 is 1.37 bits per heavy atom. The molecule has 1 amide bonds. The Kier molecular flexibility index (Phi) is 4.62. The van der Waals surface area contributed by atoms with Gasteiger partial charge in [0.15, 0.2) is 5.44 Å². The van der Waals surface area contributed by atoms with E-state index in [2.05, 4.69) is 9.71 Å². The molecule has 0 spiro atoms. The molecule has 2 unspecified atom stereocenters. The van der Waals surface area contributed by atoms with Crippen LogP contribution in [0.1, 0.15) is 34.6 Å². The van der Waals surface area contributed by atoms with Gasteiger partial charge in [-0.05, 0) is 33.1 Å². The number of nitrogens with one attached hydrogen (secondary N) is 1. The van der Waals surface area contributed by atoms with Crippen molar-refractivity contribution in [3.8, 4) is 0 Å². The second-order valence-electron chi connectivity index (χ2n) is 5.08. The van der Waals surface area contributed by atoms with Crippen LogP contribution in [0, 0.1) is 0 Å². The molecule has 0 aromatic carbocycles. The highest BCUT2D eigenvalue weighted by Gasteiger charge is 2.34. The monoisotopic (exact) mass is 288 g/mol. The summed E-state index contributed by atoms with van der Waals surface area (Å²) in [5.41, 5.74) is 0.513. The second kappa shape index (κ2) is 5.64. The lowest BCUT2D eigenvalue weighted by Gasteiger charge is -2.36. The molecule has 1 aliphatic rings. The van der Waals surface area contributed by atoms with Gasteiger partial charge in [-0.25, -0.2) is 4.79 Å². The van der Waals surface area contributed by atoms with Gasteiger partial charge in [0.05, 0.1) is 5.55 Å². The summed E-state index contributed by atoms with van der Waals surface area (Å²) in [7, 11) is -1.95. The minimum Gasteiger partial charge on any atom is -0.451 e. The number of esters is 1. The van der Waals surface area contributed by atoms with Crippen LogP contribution in [0.4, 0.5) is 4.79 Å². The van der Waals surface area contributed by atoms with Crippen LogP contribution >= 0.6 is 10.2 Å². The molecule has 0 aliphatic carbocycles. The molecular formula is C12H20N2O4S. The summed E-state index contributed by atoms with van der Waals surface area (Å²) >= 11 is 0. The highest BCUT2D eigenvalue weighted by atomic mass is 32.3. The fourth-order valence-corrected chi connectivity index (χ4v) is 3.32. The Balaban J connectivity index is 2.79. The number of nitrogens with zero attached hydrogens (tertiary/aromatic N) is 1. The van der Waals surface area contributed by atoms with Gasteiger partial charge in [-0.15, -0.1) is 0 Å². The molecule has 1 rings (SSSR count). The zero-order valence-electron chi connectivity index (χ0n) is 11.8. The van der Waals surface area contributed by atoms with Crippen molar-refractivity contribution in [2.75, 3.05) is 0 Å². The molecule has 0 saturated carbocycles. The van der Waals surface area contributed by atoms with Crippen LogP contribution in [0.2, 0.25) is 0 Å². The second-order valence-corrected chi connectivity index (χ2v) is 7.96. The summed E-state index contributed by atoms with van der Waals surface area (Å²) in [6.07, 6.45) is 1.02. The van der Waals surface area contributed by atoms with Crippen molar-refractivity contribution in [1.29, 1.82) is 0 Å². The van der Waals surface area contributed by atoms with Crippen LogP contribution in [0.5, 0.6) is 0 Å². The van der Waals surface area contributed by atoms with Crippen LogP contribution in [0.15, 0.2) is 16.6 Å². The van der Waals surface area contributed by atoms with Gasteiger partial charge in [0.1, 0.15) is 5.60 Å². The van der Waals surface area contributed by atoms with Gasteiger partial charge >= 0.3 is 12.1 Å². The summed E-state index contributed by atoms with van der Waals surface area (Å²) in [6.45, 7) is 8.39. The molecule has 7 heteroatoms. The van der Waals surface area contributed by atoms with Crippen LogP contribution < -0.4 is 4.72 Å². The van der Waals surface area contributed by atoms with E-state index in [0.29, 0.717) is 0 Å². The van der Waals surface area contributed by atoms with E-state index < -0.39 is 33.3 Å². The zero-order chi connectivity index (χ0) is 14.7. The van der Waals surface area contributed by atoms with Crippen molar-refractivity contribution < 1.29 is 19.1 Å². The molecule has 1 aliphatic heterocycles. The van der Waals surface area contributed by atoms with Gasteiger partial charge in [-0.1, -0.05) is 10.2 Å². The maximum Gasteiger partial charge on any atom is 0.417 e. The Morgan fingerprint density at radius 3 is 2.42 bits per heavy atom. The summed E-state index contributed by atoms with van der Waals surface area (Å²) < 4.78 is 13.1. The first kappa shape index (κ1) is 15.6. The summed E-state index contributed by atoms with van der Waals surface area (Å²) in [5, 5.41) is 1.74. The van der Waals surface area contributed by atoms with Crippen molar-refractivity contribution in [3.63, 3.8) is 0 Å². The first-order valence-corrected chi connectivity index (χ1v) is 7.67. The highest BCUT2D eigenvalue weighted by molar-refractivity contribution is 8.45. The third-order valence-electron chi connectivity index (χ3n) is 2.15. The Labute approximate surface area is 114 Å². The first-order chi connectivity index (χ1) is 8.65. The number of hydrogen-bond acceptors (Lipinski definition) is 5. The van der Waals surface area contributed by atoms with Crippen molar-refractivity contribution in [1.82, 2.24) is 4.72 Å². The van der Waals surface area contributed by atoms with Crippen molar-refractivity contribution in [3.05, 3.63) is 11.6 Å². The van der Waals surface area contributed by atoms with Crippen LogP contribution in [-0.2, 0) is 14.3 Å². The van der Waals surface area contributed by atoms with Crippen LogP contribution in [-0.4, -0.2) is 28.6 Å². The standard InChI is InChI=1S/C12H20N2O4S/c1-9(15)17-10(2)19(7-6-13-8-19)14-11(16)18-12(3,4)5/h6-8,10H,1-5H3,(H,14,16). The molecule has 0 aromatic rings. The predicted octanol–water partition coefficient (Wildman–Crippen LogP) is 2.65. The number of aliphatic imine (C=N–C) groups is 1. The Hall–Kier alpha value is -1.50. The normalized spacial score (nSPS) is 26.4. The predicted molar refractivity (Wildman–Crippen MR) is 75.8 cm³/mol. The van der Waals surface area contributed by atoms with E-state index in [1.165, 1.54) is 6.92 Å². The maximum absolute atomic E-state index is 11.9. The number of amides is 1. The molecule has 0 bridgehead atoms. The topological polar surface area (TPSA) is 77.0 Å². The number of carbonyl (C=O) groups is 2. The number of hydrogen-bond donors (Lipinski definition) is 1. The van der Waals surface area contributed by atoms with Gasteiger partial charge in [0, 0.05) is 13.1 Å². The quantitative estimate of drug-likeness (QED) is 0.810. The molecule has 1 N–H and O–H groups in total. The number of carbonyl (C=O) groups excluding carboxylic acids is 2. The minimum atomic E-state index is -1.95. The Morgan fingerprint density at radius 2 is 2.00 bits per heavy atom. The van der Waals surface area contributed by atoms with Gasteiger partial charge < -0.3 is 9.47 Å². The SMILES string of the molecule is CC(=O)OC(C)S1(NC(=O)OC(C)(C)C)C=CN=C1. The Bertz CT molecular complexity index is 414. The fraction of sp³-hybridized carbons (Fsp3) is 0.583. The molecule has 108 valence electrons. The van der Waals surface area contributed by atoms with Crippen molar-refractivity contribution in [2.24, 2.45) is 4.99 Å². The largest absolute Gasteiger partial charge is 0.451 e. The summed E-state index contributed by atoms with van der Waals surface area (Å²) in [4.78, 5) is 26.9. The van der Waals surface area contributed by atoms with E-state index in [1.807, 2.05) is 0 Å². The number of rotatable bonds is 3. The molecule has 19 heavy (non-hydrogen) atoms. The summed E-state index contributed by atoms with van der Waals surface area (Å²) in [6, 6.07) is 0. The van der Waals surface area contributed by atoms with E-state index in [1.54, 1.807) is 44.8 Å². The maximum atomic E-state index is 11.9. The molecule has 0 saturated heterocycles. The van der Waals surface area contributed by atoms with Crippen molar-refractivity contribution >= 4 is 27.8 Å². The molecule has 0 aromatic heterocycles. The zero-order valence-corrected chi connectivity index (χ0v) is 12.6. The highest BCUT2D eigenvalue weighted by Crippen LogP contribution is 2.50. The molecule has 1 heterocycles. The third-order valence-corrected chi connectivity index (χ3v) is 4.91. The average molecular weight is 288 g/mol. The van der Waals surface area contributed by atoms with E-state index >= 15 is 0 Å². The van der Waals surface area contributed by atoms with Gasteiger partial charge in [-0.2, -0.15) is 0 Å². The van der Waals surface area contributed by atoms with Crippen LogP contribution in [0.25, 0.3) is 0 Å². The smallest absolute Gasteiger partial charge is 0.417 e. The lowest BCUT2D eigenvalue weighted by molar-refractivity contribution is -0.141. The fourth-order valence-electron chi connectivity index (χ4n) is 1.40. The third kappa shape index (κ3) is 4.59. The molecule has 0 fully saturated rings. The molecular weight excluding hydrogens is 268 g/mol. The van der Waals surface area contributed by atoms with Gasteiger partial charge in [0.2, 0.25) is 0 Å². The molecule has 6 nitrogen and oxygen atoms in total. The molecule has 0 radical (unpaired) electrons. The molecule has 2 atom stereocenters. The van der Waals surface area contributed by atoms with E-state index in [-0.39, 0.29) is 0 Å². The average Bonchev–Trinajstić information content (AvgIpc) is 2.63. The van der Waals surface area contributed by atoms with Crippen molar-refractivity contribution in [2.45, 2.75) is 45.7 Å². The van der Waals surface area contributed by atoms with Crippen LogP contribution in [0.3, 0.4) is 0 Å². The lowest BCUT2D eigenvalue weighted by atomic mass is 10.2. The van der Waals surface area contributed by atoms with E-state index in [9.17, 15) is 9.59 Å². The lowest BCUT2D eigenvalue weighted by Crippen LogP contribution is -2.38. The summed E-state index contributed by atoms with van der Waals surface area (Å²) in [5.74, 6) is -0.404. The van der Waals surface area contributed by atoms with E-state index in [0.717, 1.165) is 0 Å². The van der Waals surface area contributed by atoms with E-state index in [4.69, 9.17) is 9.47 Å².